The molecule has 1 aliphatic rings. The molecule has 0 amide bonds. The van der Waals surface area contributed by atoms with Crippen LogP contribution in [0, 0.1) is 5.41 Å². The first-order valence-electron chi connectivity index (χ1n) is 6.33. The molecular formula is C12H25NO3S. The van der Waals surface area contributed by atoms with Crippen molar-refractivity contribution in [3.8, 4) is 0 Å². The van der Waals surface area contributed by atoms with E-state index in [9.17, 15) is 8.42 Å². The summed E-state index contributed by atoms with van der Waals surface area (Å²) in [6.07, 6.45) is 4.88. The predicted octanol–water partition coefficient (Wildman–Crippen LogP) is 2.04. The fourth-order valence-corrected chi connectivity index (χ4v) is 3.56. The molecule has 0 aliphatic heterocycles. The third kappa shape index (κ3) is 4.94. The zero-order chi connectivity index (χ0) is 13.2. The molecule has 102 valence electrons. The summed E-state index contributed by atoms with van der Waals surface area (Å²) in [5, 5.41) is 5.19. The van der Waals surface area contributed by atoms with Crippen molar-refractivity contribution in [1.82, 2.24) is 0 Å². The van der Waals surface area contributed by atoms with Crippen LogP contribution in [-0.4, -0.2) is 26.4 Å². The van der Waals surface area contributed by atoms with Crippen molar-refractivity contribution in [3.63, 3.8) is 0 Å². The second-order valence-corrected chi connectivity index (χ2v) is 7.53. The van der Waals surface area contributed by atoms with Crippen LogP contribution in [0.25, 0.3) is 0 Å². The second kappa shape index (κ2) is 5.24. The quantitative estimate of drug-likeness (QED) is 0.797. The topological polar surface area (TPSA) is 69.4 Å². The summed E-state index contributed by atoms with van der Waals surface area (Å²) in [4.78, 5) is 0. The first kappa shape index (κ1) is 14.9. The molecule has 1 rings (SSSR count). The molecule has 17 heavy (non-hydrogen) atoms. The smallest absolute Gasteiger partial charge is 0.209 e. The van der Waals surface area contributed by atoms with Crippen molar-refractivity contribution in [2.75, 3.05) is 12.4 Å². The van der Waals surface area contributed by atoms with E-state index in [1.165, 1.54) is 0 Å². The maximum atomic E-state index is 11.3. The molecule has 0 radical (unpaired) electrons. The molecule has 2 N–H and O–H groups in total. The van der Waals surface area contributed by atoms with E-state index in [-0.39, 0.29) is 16.8 Å². The Bertz CT molecular complexity index is 343. The van der Waals surface area contributed by atoms with Gasteiger partial charge in [0, 0.05) is 5.41 Å². The van der Waals surface area contributed by atoms with Gasteiger partial charge in [-0.2, -0.15) is 0 Å². The Morgan fingerprint density at radius 1 is 1.29 bits per heavy atom. The van der Waals surface area contributed by atoms with E-state index in [1.54, 1.807) is 0 Å². The van der Waals surface area contributed by atoms with Gasteiger partial charge in [-0.15, -0.1) is 0 Å². The molecule has 0 bridgehead atoms. The Morgan fingerprint density at radius 3 is 2.24 bits per heavy atom. The van der Waals surface area contributed by atoms with Crippen LogP contribution in [0.2, 0.25) is 0 Å². The minimum atomic E-state index is -3.42. The SMILES string of the molecule is CCC(C)(C)OCC1(CS(N)(=O)=O)CCCC1. The van der Waals surface area contributed by atoms with Gasteiger partial charge in [-0.25, -0.2) is 13.6 Å². The molecule has 0 unspecified atom stereocenters. The highest BCUT2D eigenvalue weighted by atomic mass is 32.2. The zero-order valence-electron chi connectivity index (χ0n) is 11.2. The Kier molecular flexibility index (Phi) is 4.60. The highest BCUT2D eigenvalue weighted by Gasteiger charge is 2.38. The first-order valence-corrected chi connectivity index (χ1v) is 8.04. The molecule has 1 aliphatic carbocycles. The summed E-state index contributed by atoms with van der Waals surface area (Å²) >= 11 is 0. The van der Waals surface area contributed by atoms with Crippen molar-refractivity contribution >= 4 is 10.0 Å². The van der Waals surface area contributed by atoms with E-state index in [0.29, 0.717) is 6.61 Å². The van der Waals surface area contributed by atoms with Gasteiger partial charge >= 0.3 is 0 Å². The highest BCUT2D eigenvalue weighted by molar-refractivity contribution is 7.89. The predicted molar refractivity (Wildman–Crippen MR) is 69.2 cm³/mol. The van der Waals surface area contributed by atoms with Crippen molar-refractivity contribution in [1.29, 1.82) is 0 Å². The summed E-state index contributed by atoms with van der Waals surface area (Å²) in [6.45, 7) is 6.64. The third-order valence-corrected chi connectivity index (χ3v) is 4.81. The first-order chi connectivity index (χ1) is 7.68. The van der Waals surface area contributed by atoms with Crippen LogP contribution < -0.4 is 5.14 Å². The Labute approximate surface area is 105 Å². The number of primary sulfonamides is 1. The number of sulfonamides is 1. The molecule has 4 nitrogen and oxygen atoms in total. The van der Waals surface area contributed by atoms with Crippen LogP contribution in [0.15, 0.2) is 0 Å². The molecule has 0 spiro atoms. The van der Waals surface area contributed by atoms with Gasteiger partial charge in [0.1, 0.15) is 0 Å². The van der Waals surface area contributed by atoms with Crippen LogP contribution in [0.5, 0.6) is 0 Å². The van der Waals surface area contributed by atoms with Crippen molar-refractivity contribution in [2.45, 2.75) is 58.5 Å². The minimum absolute atomic E-state index is 0.0554. The van der Waals surface area contributed by atoms with E-state index in [2.05, 4.69) is 6.92 Å². The minimum Gasteiger partial charge on any atom is -0.375 e. The molecule has 0 aromatic rings. The Balaban J connectivity index is 2.67. The van der Waals surface area contributed by atoms with Crippen molar-refractivity contribution in [2.24, 2.45) is 10.6 Å². The number of rotatable bonds is 6. The molecule has 1 saturated carbocycles. The molecule has 0 aromatic carbocycles. The van der Waals surface area contributed by atoms with Gasteiger partial charge in [0.2, 0.25) is 10.0 Å². The third-order valence-electron chi connectivity index (χ3n) is 3.79. The largest absolute Gasteiger partial charge is 0.375 e. The molecule has 0 aromatic heterocycles. The number of hydrogen-bond donors (Lipinski definition) is 1. The van der Waals surface area contributed by atoms with Crippen LogP contribution in [0.1, 0.15) is 52.9 Å². The van der Waals surface area contributed by atoms with Crippen LogP contribution in [0.4, 0.5) is 0 Å². The van der Waals surface area contributed by atoms with Gasteiger partial charge in [-0.3, -0.25) is 0 Å². The number of nitrogens with two attached hydrogens (primary N) is 1. The van der Waals surface area contributed by atoms with Gasteiger partial charge in [-0.05, 0) is 33.1 Å². The standard InChI is InChI=1S/C12H25NO3S/c1-4-11(2,3)16-9-12(7-5-6-8-12)10-17(13,14)15/h4-10H2,1-3H3,(H2,13,14,15). The molecule has 1 fully saturated rings. The lowest BCUT2D eigenvalue weighted by Gasteiger charge is -2.33. The lowest BCUT2D eigenvalue weighted by atomic mass is 9.89. The number of hydrogen-bond acceptors (Lipinski definition) is 3. The lowest BCUT2D eigenvalue weighted by molar-refractivity contribution is -0.0583. The average molecular weight is 263 g/mol. The van der Waals surface area contributed by atoms with Crippen molar-refractivity contribution < 1.29 is 13.2 Å². The van der Waals surface area contributed by atoms with Crippen LogP contribution >= 0.6 is 0 Å². The van der Waals surface area contributed by atoms with Gasteiger partial charge < -0.3 is 4.74 Å². The number of ether oxygens (including phenoxy) is 1. The van der Waals surface area contributed by atoms with Crippen LogP contribution in [0.3, 0.4) is 0 Å². The fourth-order valence-electron chi connectivity index (χ4n) is 2.33. The summed E-state index contributed by atoms with van der Waals surface area (Å²) in [5.41, 5.74) is -0.437. The summed E-state index contributed by atoms with van der Waals surface area (Å²) in [5.74, 6) is 0.0554. The van der Waals surface area contributed by atoms with E-state index >= 15 is 0 Å². The second-order valence-electron chi connectivity index (χ2n) is 5.92. The van der Waals surface area contributed by atoms with E-state index in [4.69, 9.17) is 9.88 Å². The average Bonchev–Trinajstić information content (AvgIpc) is 2.62. The summed E-state index contributed by atoms with van der Waals surface area (Å²) in [6, 6.07) is 0. The molecular weight excluding hydrogens is 238 g/mol. The summed E-state index contributed by atoms with van der Waals surface area (Å²) < 4.78 is 28.5. The van der Waals surface area contributed by atoms with Crippen LogP contribution in [-0.2, 0) is 14.8 Å². The zero-order valence-corrected chi connectivity index (χ0v) is 12.0. The van der Waals surface area contributed by atoms with Gasteiger partial charge in [0.05, 0.1) is 18.0 Å². The Morgan fingerprint density at radius 2 is 1.82 bits per heavy atom. The van der Waals surface area contributed by atoms with Gasteiger partial charge in [-0.1, -0.05) is 19.8 Å². The molecule has 0 heterocycles. The lowest BCUT2D eigenvalue weighted by Crippen LogP contribution is -2.38. The van der Waals surface area contributed by atoms with Gasteiger partial charge in [0.25, 0.3) is 0 Å². The van der Waals surface area contributed by atoms with Gasteiger partial charge in [0.15, 0.2) is 0 Å². The summed E-state index contributed by atoms with van der Waals surface area (Å²) in [7, 11) is -3.42. The van der Waals surface area contributed by atoms with E-state index in [0.717, 1.165) is 32.1 Å². The Hall–Kier alpha value is -0.130. The normalized spacial score (nSPS) is 20.7. The molecule has 0 atom stereocenters. The molecule has 5 heteroatoms. The monoisotopic (exact) mass is 263 g/mol. The molecule has 0 saturated heterocycles. The fraction of sp³-hybridized carbons (Fsp3) is 1.00. The van der Waals surface area contributed by atoms with E-state index < -0.39 is 10.0 Å². The highest BCUT2D eigenvalue weighted by Crippen LogP contribution is 2.40. The van der Waals surface area contributed by atoms with E-state index in [1.807, 2.05) is 13.8 Å². The maximum Gasteiger partial charge on any atom is 0.209 e. The van der Waals surface area contributed by atoms with Crippen molar-refractivity contribution in [3.05, 3.63) is 0 Å². The maximum absolute atomic E-state index is 11.3.